The molecule has 0 unspecified atom stereocenters. The van der Waals surface area contributed by atoms with E-state index in [2.05, 4.69) is 38.7 Å². The summed E-state index contributed by atoms with van der Waals surface area (Å²) in [6, 6.07) is 17.6. The zero-order valence-corrected chi connectivity index (χ0v) is 20.5. The Morgan fingerprint density at radius 1 is 0.973 bits per heavy atom. The minimum absolute atomic E-state index is 0.184. The van der Waals surface area contributed by atoms with Crippen molar-refractivity contribution in [2.45, 2.75) is 32.1 Å². The van der Waals surface area contributed by atoms with Crippen LogP contribution in [0.25, 0.3) is 22.4 Å². The van der Waals surface area contributed by atoms with Crippen molar-refractivity contribution in [2.75, 3.05) is 12.4 Å². The number of anilines is 1. The highest BCUT2D eigenvalue weighted by Crippen LogP contribution is 2.40. The van der Waals surface area contributed by atoms with E-state index in [1.54, 1.807) is 18.0 Å². The average molecular weight is 491 g/mol. The van der Waals surface area contributed by atoms with Gasteiger partial charge in [-0.25, -0.2) is 4.98 Å². The summed E-state index contributed by atoms with van der Waals surface area (Å²) in [6.07, 6.45) is 10.1. The lowest BCUT2D eigenvalue weighted by Gasteiger charge is -2.23. The van der Waals surface area contributed by atoms with Gasteiger partial charge in [0.05, 0.1) is 24.6 Å². The Morgan fingerprint density at radius 3 is 2.51 bits per heavy atom. The van der Waals surface area contributed by atoms with Crippen LogP contribution in [-0.2, 0) is 6.42 Å². The van der Waals surface area contributed by atoms with E-state index in [4.69, 9.17) is 9.84 Å². The Hall–Kier alpha value is -4.59. The molecule has 0 bridgehead atoms. The zero-order chi connectivity index (χ0) is 25.2. The number of aromatic nitrogens is 5. The number of benzene rings is 2. The number of carbonyl (C=O) groups is 1. The second-order valence-corrected chi connectivity index (χ2v) is 9.10. The zero-order valence-electron chi connectivity index (χ0n) is 20.5. The largest absolute Gasteiger partial charge is 0.497 e. The molecule has 1 aliphatic carbocycles. The molecule has 0 fully saturated rings. The second-order valence-electron chi connectivity index (χ2n) is 9.10. The van der Waals surface area contributed by atoms with Gasteiger partial charge in [0, 0.05) is 23.2 Å². The molecule has 184 valence electrons. The normalized spacial score (nSPS) is 15.3. The van der Waals surface area contributed by atoms with Gasteiger partial charge >= 0.3 is 0 Å². The van der Waals surface area contributed by atoms with E-state index < -0.39 is 0 Å². The maximum atomic E-state index is 14.2. The summed E-state index contributed by atoms with van der Waals surface area (Å²) in [5.41, 5.74) is 7.12. The molecule has 1 N–H and O–H groups in total. The Morgan fingerprint density at radius 2 is 1.81 bits per heavy atom. The highest BCUT2D eigenvalue weighted by atomic mass is 16.5. The fourth-order valence-electron chi connectivity index (χ4n) is 5.10. The number of methoxy groups -OCH3 is 1. The molecule has 3 heterocycles. The Bertz CT molecular complexity index is 1510. The molecule has 0 saturated carbocycles. The van der Waals surface area contributed by atoms with Gasteiger partial charge < -0.3 is 10.1 Å². The van der Waals surface area contributed by atoms with Gasteiger partial charge in [0.1, 0.15) is 17.8 Å². The fourth-order valence-corrected chi connectivity index (χ4v) is 5.10. The fraction of sp³-hybridized carbons (Fsp3) is 0.207. The minimum atomic E-state index is -0.184. The van der Waals surface area contributed by atoms with Crippen molar-refractivity contribution in [1.29, 1.82) is 0 Å². The minimum Gasteiger partial charge on any atom is -0.497 e. The van der Waals surface area contributed by atoms with E-state index in [1.807, 2.05) is 42.5 Å². The van der Waals surface area contributed by atoms with Crippen LogP contribution in [0.5, 0.6) is 5.75 Å². The number of hydrogen-bond donors (Lipinski definition) is 1. The molecule has 0 atom stereocenters. The van der Waals surface area contributed by atoms with Gasteiger partial charge in [-0.15, -0.1) is 5.10 Å². The lowest BCUT2D eigenvalue weighted by Crippen LogP contribution is -2.27. The molecule has 2 aromatic carbocycles. The van der Waals surface area contributed by atoms with Gasteiger partial charge in [0.15, 0.2) is 5.82 Å². The van der Waals surface area contributed by atoms with Gasteiger partial charge in [-0.2, -0.15) is 14.9 Å². The van der Waals surface area contributed by atoms with E-state index in [9.17, 15) is 4.79 Å². The molecule has 1 aliphatic heterocycles. The Kier molecular flexibility index (Phi) is 6.06. The van der Waals surface area contributed by atoms with Gasteiger partial charge in [-0.1, -0.05) is 48.5 Å². The van der Waals surface area contributed by atoms with Crippen LogP contribution in [0.3, 0.4) is 0 Å². The van der Waals surface area contributed by atoms with Crippen molar-refractivity contribution >= 4 is 22.9 Å². The van der Waals surface area contributed by atoms with Crippen molar-refractivity contribution in [3.05, 3.63) is 95.7 Å². The van der Waals surface area contributed by atoms with Crippen molar-refractivity contribution in [3.63, 3.8) is 0 Å². The molecular formula is C29H26N6O2. The maximum Gasteiger partial charge on any atom is 0.280 e. The van der Waals surface area contributed by atoms with Crippen LogP contribution in [-0.4, -0.2) is 38.0 Å². The first kappa shape index (κ1) is 22.8. The Labute approximate surface area is 214 Å². The van der Waals surface area contributed by atoms with Crippen molar-refractivity contribution in [3.8, 4) is 17.0 Å². The number of ether oxygens (including phenoxy) is 1. The van der Waals surface area contributed by atoms with Crippen molar-refractivity contribution in [2.24, 2.45) is 0 Å². The molecule has 6 rings (SSSR count). The van der Waals surface area contributed by atoms with Crippen LogP contribution in [0.15, 0.2) is 78.9 Å². The number of allylic oxidation sites excluding steroid dienone is 4. The van der Waals surface area contributed by atoms with Crippen molar-refractivity contribution < 1.29 is 9.53 Å². The molecule has 2 aliphatic rings. The van der Waals surface area contributed by atoms with E-state index in [0.29, 0.717) is 17.8 Å². The van der Waals surface area contributed by atoms with Crippen LogP contribution in [0, 0.1) is 0 Å². The first-order chi connectivity index (χ1) is 18.2. The number of carbonyl (C=O) groups excluding carboxylic acids is 1. The molecule has 2 aromatic heterocycles. The third-order valence-corrected chi connectivity index (χ3v) is 6.85. The molecule has 37 heavy (non-hydrogen) atoms. The summed E-state index contributed by atoms with van der Waals surface area (Å²) in [5.74, 6) is 1.06. The molecule has 0 saturated heterocycles. The smallest absolute Gasteiger partial charge is 0.280 e. The molecule has 4 aromatic rings. The van der Waals surface area contributed by atoms with Crippen LogP contribution < -0.4 is 10.1 Å². The maximum absolute atomic E-state index is 14.2. The summed E-state index contributed by atoms with van der Waals surface area (Å²) >= 11 is 0. The summed E-state index contributed by atoms with van der Waals surface area (Å²) in [5, 5.41) is 16.0. The summed E-state index contributed by atoms with van der Waals surface area (Å²) in [6.45, 7) is 0. The van der Waals surface area contributed by atoms with Crippen LogP contribution in [0.2, 0.25) is 0 Å². The van der Waals surface area contributed by atoms with Gasteiger partial charge in [-0.05, 0) is 49.0 Å². The SMILES string of the molecule is COc1ccc(C2=C(Nc3cnncn3)Cc3c(C4=CCCCC4)c(-c4ccccc4)nn3C2=O)cc1. The number of hydrogen-bond acceptors (Lipinski definition) is 7. The lowest BCUT2D eigenvalue weighted by molar-refractivity contribution is 0.0958. The topological polar surface area (TPSA) is 94.8 Å². The molecule has 8 nitrogen and oxygen atoms in total. The van der Waals surface area contributed by atoms with Crippen molar-refractivity contribution in [1.82, 2.24) is 25.0 Å². The van der Waals surface area contributed by atoms with E-state index in [1.165, 1.54) is 18.3 Å². The monoisotopic (exact) mass is 490 g/mol. The average Bonchev–Trinajstić information content (AvgIpc) is 3.35. The van der Waals surface area contributed by atoms with Gasteiger partial charge in [0.25, 0.3) is 5.91 Å². The highest BCUT2D eigenvalue weighted by Gasteiger charge is 2.34. The van der Waals surface area contributed by atoms with E-state index in [-0.39, 0.29) is 5.91 Å². The van der Waals surface area contributed by atoms with Crippen LogP contribution >= 0.6 is 0 Å². The predicted molar refractivity (Wildman–Crippen MR) is 142 cm³/mol. The van der Waals surface area contributed by atoms with Crippen LogP contribution in [0.1, 0.15) is 47.3 Å². The standard InChI is InChI=1S/C29H26N6O2/c1-37-22-14-12-20(13-15-22)26-23(33-25-17-31-32-18-30-25)16-24-27(19-8-4-2-5-9-19)28(34-35(24)29(26)36)21-10-6-3-7-11-21/h3,6-8,10-15,17-18H,2,4-5,9,16H2,1H3,(H,30,32,33). The molecule has 0 radical (unpaired) electrons. The van der Waals surface area contributed by atoms with E-state index in [0.717, 1.165) is 58.8 Å². The summed E-state index contributed by atoms with van der Waals surface area (Å²) < 4.78 is 6.93. The lowest BCUT2D eigenvalue weighted by atomic mass is 9.88. The molecule has 8 heteroatoms. The summed E-state index contributed by atoms with van der Waals surface area (Å²) in [7, 11) is 1.62. The third kappa shape index (κ3) is 4.31. The quantitative estimate of drug-likeness (QED) is 0.386. The molecule has 0 amide bonds. The third-order valence-electron chi connectivity index (χ3n) is 6.85. The highest BCUT2D eigenvalue weighted by molar-refractivity contribution is 6.23. The number of rotatable bonds is 6. The van der Waals surface area contributed by atoms with Gasteiger partial charge in [0.2, 0.25) is 0 Å². The predicted octanol–water partition coefficient (Wildman–Crippen LogP) is 5.42. The second kappa shape index (κ2) is 9.81. The number of fused-ring (bicyclic) bond motifs is 1. The summed E-state index contributed by atoms with van der Waals surface area (Å²) in [4.78, 5) is 18.4. The molecular weight excluding hydrogens is 464 g/mol. The van der Waals surface area contributed by atoms with Crippen LogP contribution in [0.4, 0.5) is 5.82 Å². The van der Waals surface area contributed by atoms with Gasteiger partial charge in [-0.3, -0.25) is 4.79 Å². The number of nitrogens with zero attached hydrogens (tertiary/aromatic N) is 5. The first-order valence-electron chi connectivity index (χ1n) is 12.4. The molecule has 0 spiro atoms. The number of nitrogens with one attached hydrogen (secondary N) is 1. The first-order valence-corrected chi connectivity index (χ1v) is 12.4. The van der Waals surface area contributed by atoms with E-state index >= 15 is 0 Å². The Balaban J connectivity index is 1.53.